The normalized spacial score (nSPS) is 19.8. The van der Waals surface area contributed by atoms with Crippen molar-refractivity contribution in [1.82, 2.24) is 10.2 Å². The smallest absolute Gasteiger partial charge is 0.220 e. The molecule has 19 heavy (non-hydrogen) atoms. The first kappa shape index (κ1) is 14.1. The van der Waals surface area contributed by atoms with Crippen molar-refractivity contribution in [3.8, 4) is 0 Å². The van der Waals surface area contributed by atoms with Gasteiger partial charge in [0, 0.05) is 32.1 Å². The van der Waals surface area contributed by atoms with Crippen LogP contribution in [0.4, 0.5) is 0 Å². The lowest BCUT2D eigenvalue weighted by atomic mass is 10.1. The number of nitrogens with zero attached hydrogens (tertiary/aromatic N) is 1. The highest BCUT2D eigenvalue weighted by Crippen LogP contribution is 2.13. The highest BCUT2D eigenvalue weighted by Gasteiger charge is 2.23. The Bertz CT molecular complexity index is 402. The maximum absolute atomic E-state index is 11.7. The van der Waals surface area contributed by atoms with E-state index >= 15 is 0 Å². The van der Waals surface area contributed by atoms with Crippen LogP contribution in [-0.2, 0) is 11.3 Å². The largest absolute Gasteiger partial charge is 0.352 e. The fraction of sp³-hybridized carbons (Fsp3) is 0.562. The van der Waals surface area contributed by atoms with Gasteiger partial charge >= 0.3 is 0 Å². The maximum Gasteiger partial charge on any atom is 0.220 e. The van der Waals surface area contributed by atoms with Gasteiger partial charge in [0.1, 0.15) is 0 Å². The number of benzene rings is 1. The summed E-state index contributed by atoms with van der Waals surface area (Å²) in [6, 6.07) is 10.8. The van der Waals surface area contributed by atoms with Crippen LogP contribution in [0.5, 0.6) is 0 Å². The van der Waals surface area contributed by atoms with Gasteiger partial charge in [-0.1, -0.05) is 44.2 Å². The maximum atomic E-state index is 11.7. The molecule has 1 amide bonds. The number of hydrogen-bond donors (Lipinski definition) is 1. The van der Waals surface area contributed by atoms with Gasteiger partial charge in [0.2, 0.25) is 5.91 Å². The van der Waals surface area contributed by atoms with Crippen molar-refractivity contribution in [2.75, 3.05) is 13.1 Å². The summed E-state index contributed by atoms with van der Waals surface area (Å²) in [6.07, 6.45) is 1.70. The van der Waals surface area contributed by atoms with Crippen LogP contribution >= 0.6 is 0 Å². The molecule has 0 aliphatic carbocycles. The summed E-state index contributed by atoms with van der Waals surface area (Å²) < 4.78 is 0. The molecule has 3 nitrogen and oxygen atoms in total. The Morgan fingerprint density at radius 3 is 2.79 bits per heavy atom. The molecule has 0 spiro atoms. The summed E-state index contributed by atoms with van der Waals surface area (Å²) >= 11 is 0. The highest BCUT2D eigenvalue weighted by atomic mass is 16.1. The number of carbonyl (C=O) groups is 1. The third-order valence-electron chi connectivity index (χ3n) is 3.48. The van der Waals surface area contributed by atoms with Gasteiger partial charge in [0.05, 0.1) is 0 Å². The van der Waals surface area contributed by atoms with E-state index in [0.717, 1.165) is 26.1 Å². The first-order valence-corrected chi connectivity index (χ1v) is 7.19. The van der Waals surface area contributed by atoms with E-state index in [1.54, 1.807) is 0 Å². The molecule has 1 aliphatic rings. The number of likely N-dealkylation sites (tertiary alicyclic amines) is 1. The molecule has 1 unspecified atom stereocenters. The van der Waals surface area contributed by atoms with E-state index in [9.17, 15) is 4.79 Å². The minimum Gasteiger partial charge on any atom is -0.352 e. The van der Waals surface area contributed by atoms with E-state index in [-0.39, 0.29) is 5.91 Å². The summed E-state index contributed by atoms with van der Waals surface area (Å²) in [7, 11) is 0. The number of amides is 1. The second kappa shape index (κ2) is 6.71. The molecule has 1 saturated heterocycles. The topological polar surface area (TPSA) is 32.3 Å². The van der Waals surface area contributed by atoms with Crippen LogP contribution in [0.2, 0.25) is 0 Å². The monoisotopic (exact) mass is 260 g/mol. The van der Waals surface area contributed by atoms with Crippen molar-refractivity contribution in [3.05, 3.63) is 35.9 Å². The zero-order valence-corrected chi connectivity index (χ0v) is 11.9. The molecule has 1 aromatic carbocycles. The minimum atomic E-state index is 0.196. The van der Waals surface area contributed by atoms with Gasteiger partial charge in [-0.2, -0.15) is 0 Å². The van der Waals surface area contributed by atoms with Crippen LogP contribution in [-0.4, -0.2) is 29.9 Å². The Morgan fingerprint density at radius 1 is 1.37 bits per heavy atom. The summed E-state index contributed by atoms with van der Waals surface area (Å²) in [5, 5.41) is 3.15. The van der Waals surface area contributed by atoms with Gasteiger partial charge in [-0.25, -0.2) is 0 Å². The summed E-state index contributed by atoms with van der Waals surface area (Å²) in [5.41, 5.74) is 1.34. The fourth-order valence-electron chi connectivity index (χ4n) is 2.59. The fourth-order valence-corrected chi connectivity index (χ4v) is 2.59. The van der Waals surface area contributed by atoms with Gasteiger partial charge in [-0.05, 0) is 17.9 Å². The molecular formula is C16H24N2O. The minimum absolute atomic E-state index is 0.196. The van der Waals surface area contributed by atoms with E-state index in [0.29, 0.717) is 18.4 Å². The van der Waals surface area contributed by atoms with Gasteiger partial charge in [0.15, 0.2) is 0 Å². The van der Waals surface area contributed by atoms with Crippen LogP contribution in [0.3, 0.4) is 0 Å². The third-order valence-corrected chi connectivity index (χ3v) is 3.48. The second-order valence-electron chi connectivity index (χ2n) is 5.87. The standard InChI is InChI=1S/C16H24N2O/c1-13(2)10-16(19)17-15-8-9-18(12-15)11-14-6-4-3-5-7-14/h3-7,13,15H,8-12H2,1-2H3,(H,17,19). The van der Waals surface area contributed by atoms with Crippen molar-refractivity contribution < 1.29 is 4.79 Å². The first-order valence-electron chi connectivity index (χ1n) is 7.19. The molecule has 1 heterocycles. The molecule has 2 rings (SSSR count). The van der Waals surface area contributed by atoms with E-state index in [2.05, 4.69) is 48.3 Å². The molecule has 1 atom stereocenters. The van der Waals surface area contributed by atoms with Crippen LogP contribution in [0.1, 0.15) is 32.3 Å². The van der Waals surface area contributed by atoms with E-state index in [1.165, 1.54) is 5.56 Å². The Morgan fingerprint density at radius 2 is 2.11 bits per heavy atom. The van der Waals surface area contributed by atoms with Gasteiger partial charge in [0.25, 0.3) is 0 Å². The Hall–Kier alpha value is -1.35. The van der Waals surface area contributed by atoms with Crippen molar-refractivity contribution in [2.24, 2.45) is 5.92 Å². The summed E-state index contributed by atoms with van der Waals surface area (Å²) in [6.45, 7) is 7.18. The third kappa shape index (κ3) is 4.67. The van der Waals surface area contributed by atoms with Crippen molar-refractivity contribution in [1.29, 1.82) is 0 Å². The SMILES string of the molecule is CC(C)CC(=O)NC1CCN(Cc2ccccc2)C1. The molecule has 0 radical (unpaired) electrons. The molecule has 0 bridgehead atoms. The van der Waals surface area contributed by atoms with Crippen molar-refractivity contribution in [2.45, 2.75) is 39.3 Å². The molecule has 3 heteroatoms. The zero-order chi connectivity index (χ0) is 13.7. The number of rotatable bonds is 5. The Labute approximate surface area is 116 Å². The second-order valence-corrected chi connectivity index (χ2v) is 5.87. The van der Waals surface area contributed by atoms with E-state index in [1.807, 2.05) is 6.07 Å². The van der Waals surface area contributed by atoms with Crippen LogP contribution < -0.4 is 5.32 Å². The molecule has 1 N–H and O–H groups in total. The van der Waals surface area contributed by atoms with E-state index in [4.69, 9.17) is 0 Å². The molecule has 1 fully saturated rings. The van der Waals surface area contributed by atoms with Gasteiger partial charge < -0.3 is 5.32 Å². The van der Waals surface area contributed by atoms with Crippen molar-refractivity contribution in [3.63, 3.8) is 0 Å². The quantitative estimate of drug-likeness (QED) is 0.882. The lowest BCUT2D eigenvalue weighted by Gasteiger charge is -2.17. The molecule has 1 aliphatic heterocycles. The number of hydrogen-bond acceptors (Lipinski definition) is 2. The molecule has 104 valence electrons. The molecule has 1 aromatic rings. The van der Waals surface area contributed by atoms with Gasteiger partial charge in [-0.3, -0.25) is 9.69 Å². The zero-order valence-electron chi connectivity index (χ0n) is 11.9. The average Bonchev–Trinajstić information content (AvgIpc) is 2.76. The highest BCUT2D eigenvalue weighted by molar-refractivity contribution is 5.76. The average molecular weight is 260 g/mol. The number of carbonyl (C=O) groups excluding carboxylic acids is 1. The molecular weight excluding hydrogens is 236 g/mol. The van der Waals surface area contributed by atoms with Crippen LogP contribution in [0.15, 0.2) is 30.3 Å². The molecule has 0 saturated carbocycles. The predicted octanol–water partition coefficient (Wildman–Crippen LogP) is 2.42. The Kier molecular flexibility index (Phi) is 4.97. The number of nitrogens with one attached hydrogen (secondary N) is 1. The molecule has 0 aromatic heterocycles. The first-order chi connectivity index (χ1) is 9.13. The van der Waals surface area contributed by atoms with Crippen LogP contribution in [0, 0.1) is 5.92 Å². The Balaban J connectivity index is 1.76. The van der Waals surface area contributed by atoms with Crippen LogP contribution in [0.25, 0.3) is 0 Å². The predicted molar refractivity (Wildman–Crippen MR) is 77.7 cm³/mol. The lowest BCUT2D eigenvalue weighted by Crippen LogP contribution is -2.37. The van der Waals surface area contributed by atoms with Gasteiger partial charge in [-0.15, -0.1) is 0 Å². The lowest BCUT2D eigenvalue weighted by molar-refractivity contribution is -0.122. The summed E-state index contributed by atoms with van der Waals surface area (Å²) in [4.78, 5) is 14.2. The summed E-state index contributed by atoms with van der Waals surface area (Å²) in [5.74, 6) is 0.628. The van der Waals surface area contributed by atoms with Crippen molar-refractivity contribution >= 4 is 5.91 Å². The van der Waals surface area contributed by atoms with E-state index < -0.39 is 0 Å².